The first kappa shape index (κ1) is 15.3. The minimum absolute atomic E-state index is 0.430. The smallest absolute Gasteiger partial charge is 0.178 e. The van der Waals surface area contributed by atoms with E-state index < -0.39 is 0 Å². The van der Waals surface area contributed by atoms with E-state index in [1.807, 2.05) is 6.07 Å². The molecule has 0 amide bonds. The minimum atomic E-state index is 0.430. The molecule has 0 aliphatic carbocycles. The third kappa shape index (κ3) is 2.59. The zero-order valence-corrected chi connectivity index (χ0v) is 14.5. The molecule has 0 bridgehead atoms. The Morgan fingerprint density at radius 1 is 1.45 bits per heavy atom. The van der Waals surface area contributed by atoms with Gasteiger partial charge in [-0.3, -0.25) is 4.90 Å². The SMILES string of the molecule is COc1ccc2c3c1[nH]c(=S)n3C[C@H](C)N(CC=C(C)C)C2. The van der Waals surface area contributed by atoms with Crippen molar-refractivity contribution in [3.63, 3.8) is 0 Å². The monoisotopic (exact) mass is 317 g/mol. The predicted molar refractivity (Wildman–Crippen MR) is 93.0 cm³/mol. The van der Waals surface area contributed by atoms with E-state index in [9.17, 15) is 0 Å². The largest absolute Gasteiger partial charge is 0.494 e. The zero-order valence-electron chi connectivity index (χ0n) is 13.6. The van der Waals surface area contributed by atoms with E-state index >= 15 is 0 Å². The molecule has 0 fully saturated rings. The van der Waals surface area contributed by atoms with Crippen LogP contribution in [0.15, 0.2) is 23.8 Å². The molecule has 0 spiro atoms. The van der Waals surface area contributed by atoms with Crippen molar-refractivity contribution in [2.24, 2.45) is 0 Å². The van der Waals surface area contributed by atoms with Crippen LogP contribution in [-0.4, -0.2) is 34.1 Å². The summed E-state index contributed by atoms with van der Waals surface area (Å²) in [6, 6.07) is 4.62. The third-order valence-electron chi connectivity index (χ3n) is 4.37. The van der Waals surface area contributed by atoms with Crippen LogP contribution < -0.4 is 4.74 Å². The van der Waals surface area contributed by atoms with E-state index in [0.717, 1.165) is 35.7 Å². The molecule has 0 saturated carbocycles. The number of nitrogens with zero attached hydrogens (tertiary/aromatic N) is 2. The van der Waals surface area contributed by atoms with Gasteiger partial charge in [-0.05, 0) is 44.6 Å². The van der Waals surface area contributed by atoms with Crippen molar-refractivity contribution in [1.29, 1.82) is 0 Å². The highest BCUT2D eigenvalue weighted by atomic mass is 32.1. The molecule has 1 aromatic carbocycles. The van der Waals surface area contributed by atoms with E-state index in [2.05, 4.69) is 47.4 Å². The molecule has 2 aromatic rings. The number of allylic oxidation sites excluding steroid dienone is 1. The highest BCUT2D eigenvalue weighted by Crippen LogP contribution is 2.31. The van der Waals surface area contributed by atoms with Crippen molar-refractivity contribution in [3.8, 4) is 5.75 Å². The van der Waals surface area contributed by atoms with Crippen molar-refractivity contribution in [2.45, 2.75) is 39.9 Å². The lowest BCUT2D eigenvalue weighted by Gasteiger charge is -2.26. The Balaban J connectivity index is 2.10. The Kier molecular flexibility index (Phi) is 4.10. The maximum atomic E-state index is 5.53. The molecule has 0 unspecified atom stereocenters. The summed E-state index contributed by atoms with van der Waals surface area (Å²) in [6.07, 6.45) is 2.29. The lowest BCUT2D eigenvalue weighted by Crippen LogP contribution is -2.34. The summed E-state index contributed by atoms with van der Waals surface area (Å²) in [5.74, 6) is 0.856. The van der Waals surface area contributed by atoms with Crippen molar-refractivity contribution in [3.05, 3.63) is 34.1 Å². The Labute approximate surface area is 136 Å². The number of nitrogens with one attached hydrogen (secondary N) is 1. The average molecular weight is 317 g/mol. The number of methoxy groups -OCH3 is 1. The topological polar surface area (TPSA) is 33.2 Å². The van der Waals surface area contributed by atoms with Gasteiger partial charge in [-0.15, -0.1) is 0 Å². The van der Waals surface area contributed by atoms with Gasteiger partial charge in [0.15, 0.2) is 4.77 Å². The van der Waals surface area contributed by atoms with Crippen LogP contribution >= 0.6 is 12.2 Å². The van der Waals surface area contributed by atoms with Gasteiger partial charge in [-0.2, -0.15) is 0 Å². The maximum Gasteiger partial charge on any atom is 0.178 e. The number of hydrogen-bond donors (Lipinski definition) is 1. The van der Waals surface area contributed by atoms with Crippen LogP contribution in [-0.2, 0) is 13.1 Å². The summed E-state index contributed by atoms with van der Waals surface area (Å²) in [5.41, 5.74) is 4.86. The second kappa shape index (κ2) is 5.89. The number of ether oxygens (including phenoxy) is 1. The number of rotatable bonds is 3. The lowest BCUT2D eigenvalue weighted by atomic mass is 10.1. The van der Waals surface area contributed by atoms with Gasteiger partial charge in [0.25, 0.3) is 0 Å². The second-order valence-electron chi connectivity index (χ2n) is 6.25. The molecule has 0 saturated heterocycles. The van der Waals surface area contributed by atoms with Gasteiger partial charge in [0.05, 0.1) is 12.6 Å². The van der Waals surface area contributed by atoms with Gasteiger partial charge in [-0.1, -0.05) is 17.7 Å². The molecule has 3 rings (SSSR count). The molecular weight excluding hydrogens is 294 g/mol. The van der Waals surface area contributed by atoms with Crippen molar-refractivity contribution in [2.75, 3.05) is 13.7 Å². The predicted octanol–water partition coefficient (Wildman–Crippen LogP) is 3.88. The maximum absolute atomic E-state index is 5.53. The van der Waals surface area contributed by atoms with Crippen molar-refractivity contribution in [1.82, 2.24) is 14.5 Å². The molecule has 1 N–H and O–H groups in total. The van der Waals surface area contributed by atoms with Crippen LogP contribution in [0.4, 0.5) is 0 Å². The van der Waals surface area contributed by atoms with Gasteiger partial charge in [0.2, 0.25) is 0 Å². The molecule has 2 heterocycles. The minimum Gasteiger partial charge on any atom is -0.494 e. The Morgan fingerprint density at radius 2 is 2.23 bits per heavy atom. The molecule has 0 radical (unpaired) electrons. The van der Waals surface area contributed by atoms with E-state index in [0.29, 0.717) is 6.04 Å². The number of aromatic nitrogens is 2. The molecule has 1 aliphatic heterocycles. The summed E-state index contributed by atoms with van der Waals surface area (Å²) in [6.45, 7) is 9.36. The normalized spacial score (nSPS) is 18.3. The highest BCUT2D eigenvalue weighted by Gasteiger charge is 2.23. The first-order valence-corrected chi connectivity index (χ1v) is 8.08. The summed E-state index contributed by atoms with van der Waals surface area (Å²) in [5, 5.41) is 0. The van der Waals surface area contributed by atoms with Crippen LogP contribution in [0.5, 0.6) is 5.75 Å². The Morgan fingerprint density at radius 3 is 2.91 bits per heavy atom. The van der Waals surface area contributed by atoms with Gasteiger partial charge in [0, 0.05) is 25.7 Å². The average Bonchev–Trinajstić information content (AvgIpc) is 2.72. The van der Waals surface area contributed by atoms with Crippen LogP contribution in [0, 0.1) is 4.77 Å². The molecule has 4 nitrogen and oxygen atoms in total. The fourth-order valence-electron chi connectivity index (χ4n) is 3.09. The molecule has 5 heteroatoms. The van der Waals surface area contributed by atoms with Crippen molar-refractivity contribution < 1.29 is 4.74 Å². The summed E-state index contributed by atoms with van der Waals surface area (Å²) < 4.78 is 8.47. The van der Waals surface area contributed by atoms with Crippen LogP contribution in [0.3, 0.4) is 0 Å². The molecule has 1 atom stereocenters. The quantitative estimate of drug-likeness (QED) is 0.689. The first-order valence-electron chi connectivity index (χ1n) is 7.67. The summed E-state index contributed by atoms with van der Waals surface area (Å²) >= 11 is 5.53. The van der Waals surface area contributed by atoms with E-state index in [4.69, 9.17) is 17.0 Å². The van der Waals surface area contributed by atoms with E-state index in [1.54, 1.807) is 7.11 Å². The number of hydrogen-bond acceptors (Lipinski definition) is 3. The summed E-state index contributed by atoms with van der Waals surface area (Å²) in [7, 11) is 1.70. The fourth-order valence-corrected chi connectivity index (χ4v) is 3.36. The number of imidazole rings is 1. The van der Waals surface area contributed by atoms with E-state index in [-0.39, 0.29) is 0 Å². The molecule has 118 valence electrons. The standard InChI is InChI=1S/C17H23N3OS/c1-11(2)7-8-19-10-13-5-6-14(21-4)15-16(13)20(9-12(19)3)17(22)18-15/h5-7,12H,8-10H2,1-4H3,(H,18,22)/t12-/m0/s1. The third-order valence-corrected chi connectivity index (χ3v) is 4.69. The van der Waals surface area contributed by atoms with Gasteiger partial charge >= 0.3 is 0 Å². The van der Waals surface area contributed by atoms with Gasteiger partial charge in [-0.25, -0.2) is 0 Å². The first-order chi connectivity index (χ1) is 10.5. The second-order valence-corrected chi connectivity index (χ2v) is 6.64. The van der Waals surface area contributed by atoms with Crippen LogP contribution in [0.2, 0.25) is 0 Å². The van der Waals surface area contributed by atoms with Gasteiger partial charge < -0.3 is 14.3 Å². The van der Waals surface area contributed by atoms with E-state index in [1.165, 1.54) is 16.7 Å². The van der Waals surface area contributed by atoms with Gasteiger partial charge in [0.1, 0.15) is 11.3 Å². The zero-order chi connectivity index (χ0) is 15.9. The molecule has 22 heavy (non-hydrogen) atoms. The molecule has 1 aliphatic rings. The highest BCUT2D eigenvalue weighted by molar-refractivity contribution is 7.71. The van der Waals surface area contributed by atoms with Crippen LogP contribution in [0.1, 0.15) is 26.3 Å². The Hall–Kier alpha value is -1.59. The molecule has 1 aromatic heterocycles. The summed E-state index contributed by atoms with van der Waals surface area (Å²) in [4.78, 5) is 5.81. The van der Waals surface area contributed by atoms with Crippen LogP contribution in [0.25, 0.3) is 11.0 Å². The van der Waals surface area contributed by atoms with Crippen molar-refractivity contribution >= 4 is 23.3 Å². The lowest BCUT2D eigenvalue weighted by molar-refractivity contribution is 0.210. The molecular formula is C17H23N3OS. The Bertz CT molecular complexity index is 783. The number of H-pyrrole nitrogens is 1. The number of aromatic amines is 1. The number of benzene rings is 1. The fraction of sp³-hybridized carbons (Fsp3) is 0.471.